The molecule has 2 atom stereocenters. The summed E-state index contributed by atoms with van der Waals surface area (Å²) in [7, 11) is 1.94. The zero-order valence-corrected chi connectivity index (χ0v) is 12.2. The van der Waals surface area contributed by atoms with Gasteiger partial charge in [-0.2, -0.15) is 0 Å². The molecule has 2 nitrogen and oxygen atoms in total. The Bertz CT molecular complexity index is 308. The highest BCUT2D eigenvalue weighted by Gasteiger charge is 2.35. The second-order valence-corrected chi connectivity index (χ2v) is 5.28. The van der Waals surface area contributed by atoms with Crippen molar-refractivity contribution in [2.45, 2.75) is 39.3 Å². The summed E-state index contributed by atoms with van der Waals surface area (Å²) in [5.74, 6) is 0.109. The fraction of sp³-hybridized carbons (Fsp3) is 0.733. The van der Waals surface area contributed by atoms with Gasteiger partial charge < -0.3 is 5.32 Å². The first-order chi connectivity index (χ1) is 8.53. The van der Waals surface area contributed by atoms with Crippen LogP contribution in [0.1, 0.15) is 33.6 Å². The van der Waals surface area contributed by atoms with Gasteiger partial charge in [0.05, 0.1) is 0 Å². The van der Waals surface area contributed by atoms with Crippen LogP contribution in [-0.2, 0) is 0 Å². The molecule has 0 saturated heterocycles. The highest BCUT2D eigenvalue weighted by atomic mass is 19.1. The Balaban J connectivity index is 2.60. The van der Waals surface area contributed by atoms with Crippen LogP contribution < -0.4 is 5.32 Å². The molecule has 0 aromatic heterocycles. The van der Waals surface area contributed by atoms with Gasteiger partial charge in [-0.15, -0.1) is 0 Å². The standard InChI is InChI=1S/C15H27FN2/c1-5-14(17-4)12-18(6-2)11-13-9-7-8-10-15(13,3)16/h5,7-8,13,17H,6,9-12H2,1-4H3/b14-5+. The summed E-state index contributed by atoms with van der Waals surface area (Å²) in [4.78, 5) is 2.31. The van der Waals surface area contributed by atoms with Gasteiger partial charge >= 0.3 is 0 Å². The van der Waals surface area contributed by atoms with Crippen LogP contribution in [0.2, 0.25) is 0 Å². The topological polar surface area (TPSA) is 15.3 Å². The third kappa shape index (κ3) is 4.13. The van der Waals surface area contributed by atoms with Gasteiger partial charge in [0.1, 0.15) is 5.67 Å². The fourth-order valence-corrected chi connectivity index (χ4v) is 2.42. The normalized spacial score (nSPS) is 28.8. The Kier molecular flexibility index (Phi) is 5.86. The van der Waals surface area contributed by atoms with Crippen molar-refractivity contribution in [1.82, 2.24) is 10.2 Å². The van der Waals surface area contributed by atoms with E-state index in [2.05, 4.69) is 29.3 Å². The van der Waals surface area contributed by atoms with Crippen molar-refractivity contribution in [1.29, 1.82) is 0 Å². The molecule has 0 aromatic rings. The second kappa shape index (κ2) is 6.93. The van der Waals surface area contributed by atoms with Crippen LogP contribution in [-0.4, -0.2) is 37.3 Å². The maximum atomic E-state index is 14.4. The Morgan fingerprint density at radius 1 is 1.56 bits per heavy atom. The summed E-state index contributed by atoms with van der Waals surface area (Å²) < 4.78 is 14.4. The van der Waals surface area contributed by atoms with Crippen molar-refractivity contribution in [3.63, 3.8) is 0 Å². The lowest BCUT2D eigenvalue weighted by Crippen LogP contribution is -2.42. The predicted molar refractivity (Wildman–Crippen MR) is 76.3 cm³/mol. The fourth-order valence-electron chi connectivity index (χ4n) is 2.42. The summed E-state index contributed by atoms with van der Waals surface area (Å²) >= 11 is 0. The van der Waals surface area contributed by atoms with E-state index < -0.39 is 5.67 Å². The summed E-state index contributed by atoms with van der Waals surface area (Å²) in [6.07, 6.45) is 7.58. The quantitative estimate of drug-likeness (QED) is 0.733. The highest BCUT2D eigenvalue weighted by molar-refractivity contribution is 5.04. The van der Waals surface area contributed by atoms with E-state index in [0.717, 1.165) is 26.1 Å². The molecule has 18 heavy (non-hydrogen) atoms. The minimum Gasteiger partial charge on any atom is -0.391 e. The Morgan fingerprint density at radius 3 is 2.78 bits per heavy atom. The van der Waals surface area contributed by atoms with E-state index in [1.165, 1.54) is 5.70 Å². The minimum absolute atomic E-state index is 0.109. The van der Waals surface area contributed by atoms with Gasteiger partial charge in [-0.05, 0) is 33.2 Å². The number of halogens is 1. The van der Waals surface area contributed by atoms with Crippen LogP contribution in [0, 0.1) is 5.92 Å². The molecule has 3 heteroatoms. The van der Waals surface area contributed by atoms with Crippen molar-refractivity contribution in [3.8, 4) is 0 Å². The number of allylic oxidation sites excluding steroid dienone is 3. The Labute approximate surface area is 111 Å². The predicted octanol–water partition coefficient (Wildman–Crippen LogP) is 3.13. The van der Waals surface area contributed by atoms with E-state index in [4.69, 9.17) is 0 Å². The van der Waals surface area contributed by atoms with Crippen molar-refractivity contribution in [2.75, 3.05) is 26.7 Å². The van der Waals surface area contributed by atoms with Crippen molar-refractivity contribution >= 4 is 0 Å². The van der Waals surface area contributed by atoms with Crippen molar-refractivity contribution in [3.05, 3.63) is 23.9 Å². The zero-order chi connectivity index (χ0) is 13.6. The molecule has 1 N–H and O–H groups in total. The van der Waals surface area contributed by atoms with Crippen LogP contribution in [0.5, 0.6) is 0 Å². The number of hydrogen-bond donors (Lipinski definition) is 1. The third-order valence-corrected chi connectivity index (χ3v) is 3.94. The lowest BCUT2D eigenvalue weighted by molar-refractivity contribution is 0.0708. The van der Waals surface area contributed by atoms with Gasteiger partial charge in [0, 0.05) is 31.8 Å². The van der Waals surface area contributed by atoms with E-state index in [-0.39, 0.29) is 5.92 Å². The SMILES string of the molecule is C/C=C(\CN(CC)CC1CC=CCC1(C)F)NC. The van der Waals surface area contributed by atoms with Crippen LogP contribution >= 0.6 is 0 Å². The number of nitrogens with one attached hydrogen (secondary N) is 1. The van der Waals surface area contributed by atoms with Gasteiger partial charge in [0.25, 0.3) is 0 Å². The molecule has 0 heterocycles. The molecular formula is C15H27FN2. The lowest BCUT2D eigenvalue weighted by Gasteiger charge is -2.36. The summed E-state index contributed by atoms with van der Waals surface area (Å²) in [6.45, 7) is 8.56. The molecule has 0 radical (unpaired) electrons. The van der Waals surface area contributed by atoms with Crippen LogP contribution in [0.3, 0.4) is 0 Å². The van der Waals surface area contributed by atoms with Gasteiger partial charge in [-0.25, -0.2) is 4.39 Å². The van der Waals surface area contributed by atoms with Crippen LogP contribution in [0.4, 0.5) is 4.39 Å². The molecule has 0 saturated carbocycles. The summed E-state index contributed by atoms with van der Waals surface area (Å²) in [6, 6.07) is 0. The minimum atomic E-state index is -1.06. The summed E-state index contributed by atoms with van der Waals surface area (Å²) in [5, 5.41) is 3.19. The van der Waals surface area contributed by atoms with E-state index >= 15 is 0 Å². The molecule has 104 valence electrons. The number of rotatable bonds is 6. The maximum absolute atomic E-state index is 14.4. The smallest absolute Gasteiger partial charge is 0.116 e. The van der Waals surface area contributed by atoms with Gasteiger partial charge in [0.2, 0.25) is 0 Å². The van der Waals surface area contributed by atoms with Gasteiger partial charge in [0.15, 0.2) is 0 Å². The third-order valence-electron chi connectivity index (χ3n) is 3.94. The molecule has 1 aliphatic carbocycles. The first-order valence-corrected chi connectivity index (χ1v) is 6.92. The first kappa shape index (κ1) is 15.2. The highest BCUT2D eigenvalue weighted by Crippen LogP contribution is 2.33. The number of hydrogen-bond acceptors (Lipinski definition) is 2. The average Bonchev–Trinajstić information content (AvgIpc) is 2.36. The molecule has 0 aromatic carbocycles. The van der Waals surface area contributed by atoms with Crippen LogP contribution in [0.15, 0.2) is 23.9 Å². The molecule has 1 aliphatic rings. The number of likely N-dealkylation sites (N-methyl/N-ethyl adjacent to an activating group) is 2. The monoisotopic (exact) mass is 254 g/mol. The molecule has 0 amide bonds. The maximum Gasteiger partial charge on any atom is 0.116 e. The van der Waals surface area contributed by atoms with E-state index in [1.807, 2.05) is 20.0 Å². The molecule has 0 aliphatic heterocycles. The van der Waals surface area contributed by atoms with Gasteiger partial charge in [-0.3, -0.25) is 4.90 Å². The molecule has 0 spiro atoms. The van der Waals surface area contributed by atoms with Gasteiger partial charge in [-0.1, -0.05) is 25.2 Å². The van der Waals surface area contributed by atoms with E-state index in [1.54, 1.807) is 6.92 Å². The van der Waals surface area contributed by atoms with Crippen molar-refractivity contribution in [2.24, 2.45) is 5.92 Å². The van der Waals surface area contributed by atoms with Crippen LogP contribution in [0.25, 0.3) is 0 Å². The summed E-state index contributed by atoms with van der Waals surface area (Å²) in [5.41, 5.74) is 0.140. The molecule has 2 unspecified atom stereocenters. The number of nitrogens with zero attached hydrogens (tertiary/aromatic N) is 1. The number of alkyl halides is 1. The molecular weight excluding hydrogens is 227 g/mol. The largest absolute Gasteiger partial charge is 0.391 e. The zero-order valence-electron chi connectivity index (χ0n) is 12.2. The molecule has 0 fully saturated rings. The molecule has 0 bridgehead atoms. The first-order valence-electron chi connectivity index (χ1n) is 6.92. The van der Waals surface area contributed by atoms with E-state index in [9.17, 15) is 4.39 Å². The second-order valence-electron chi connectivity index (χ2n) is 5.28. The average molecular weight is 254 g/mol. The lowest BCUT2D eigenvalue weighted by atomic mass is 9.81. The molecule has 1 rings (SSSR count). The van der Waals surface area contributed by atoms with E-state index in [0.29, 0.717) is 6.42 Å². The Hall–Kier alpha value is -0.830. The van der Waals surface area contributed by atoms with Crippen molar-refractivity contribution < 1.29 is 4.39 Å². The Morgan fingerprint density at radius 2 is 2.28 bits per heavy atom.